The fourth-order valence-corrected chi connectivity index (χ4v) is 4.51. The van der Waals surface area contributed by atoms with Gasteiger partial charge in [-0.15, -0.1) is 0 Å². The van der Waals surface area contributed by atoms with E-state index in [-0.39, 0.29) is 5.54 Å². The van der Waals surface area contributed by atoms with Crippen molar-refractivity contribution in [3.63, 3.8) is 0 Å². The fraction of sp³-hybridized carbons (Fsp3) is 0.524. The minimum absolute atomic E-state index is 0.0169. The van der Waals surface area contributed by atoms with Gasteiger partial charge in [0.15, 0.2) is 0 Å². The number of nitrogens with zero attached hydrogens (tertiary/aromatic N) is 4. The van der Waals surface area contributed by atoms with Gasteiger partial charge in [0.2, 0.25) is 5.91 Å². The molecule has 1 amide bonds. The number of piperazine rings is 1. The van der Waals surface area contributed by atoms with Crippen LogP contribution in [0, 0.1) is 0 Å². The molecule has 1 saturated heterocycles. The predicted octanol–water partition coefficient (Wildman–Crippen LogP) is 3.28. The zero-order valence-corrected chi connectivity index (χ0v) is 15.4. The van der Waals surface area contributed by atoms with Crippen molar-refractivity contribution in [1.82, 2.24) is 14.5 Å². The summed E-state index contributed by atoms with van der Waals surface area (Å²) < 4.78 is 2.30. The molecule has 5 heteroatoms. The SMILES string of the molecule is O=C(CC1(n2cccc2)CCCCC1)N1CCN(c2ccccn2)CC1. The van der Waals surface area contributed by atoms with Crippen LogP contribution in [0.3, 0.4) is 0 Å². The van der Waals surface area contributed by atoms with Gasteiger partial charge in [-0.1, -0.05) is 25.3 Å². The van der Waals surface area contributed by atoms with Crippen molar-refractivity contribution in [2.75, 3.05) is 31.1 Å². The van der Waals surface area contributed by atoms with Gasteiger partial charge in [-0.3, -0.25) is 4.79 Å². The molecule has 0 spiro atoms. The van der Waals surface area contributed by atoms with Crippen molar-refractivity contribution in [1.29, 1.82) is 0 Å². The van der Waals surface area contributed by atoms with Crippen LogP contribution >= 0.6 is 0 Å². The maximum absolute atomic E-state index is 13.1. The average Bonchev–Trinajstić information content (AvgIpc) is 3.25. The molecule has 1 saturated carbocycles. The normalized spacial score (nSPS) is 20.2. The number of rotatable bonds is 4. The van der Waals surface area contributed by atoms with Gasteiger partial charge < -0.3 is 14.4 Å². The first-order chi connectivity index (χ1) is 12.8. The molecule has 2 aliphatic rings. The molecule has 0 radical (unpaired) electrons. The van der Waals surface area contributed by atoms with Gasteiger partial charge in [0.1, 0.15) is 5.82 Å². The first-order valence-electron chi connectivity index (χ1n) is 9.84. The minimum Gasteiger partial charge on any atom is -0.353 e. The van der Waals surface area contributed by atoms with E-state index in [1.807, 2.05) is 24.4 Å². The quantitative estimate of drug-likeness (QED) is 0.848. The lowest BCUT2D eigenvalue weighted by Gasteiger charge is -2.41. The fourth-order valence-electron chi connectivity index (χ4n) is 4.51. The largest absolute Gasteiger partial charge is 0.353 e. The van der Waals surface area contributed by atoms with E-state index in [1.165, 1.54) is 19.3 Å². The average molecular weight is 352 g/mol. The highest BCUT2D eigenvalue weighted by molar-refractivity contribution is 5.77. The van der Waals surface area contributed by atoms with E-state index in [0.29, 0.717) is 12.3 Å². The predicted molar refractivity (Wildman–Crippen MR) is 103 cm³/mol. The number of aromatic nitrogens is 2. The van der Waals surface area contributed by atoms with E-state index in [9.17, 15) is 4.79 Å². The zero-order chi connectivity index (χ0) is 17.8. The van der Waals surface area contributed by atoms with Gasteiger partial charge in [0.25, 0.3) is 0 Å². The summed E-state index contributed by atoms with van der Waals surface area (Å²) in [4.78, 5) is 21.8. The monoisotopic (exact) mass is 352 g/mol. The van der Waals surface area contributed by atoms with Gasteiger partial charge in [-0.05, 0) is 37.1 Å². The van der Waals surface area contributed by atoms with Crippen molar-refractivity contribution in [3.8, 4) is 0 Å². The zero-order valence-electron chi connectivity index (χ0n) is 15.4. The molecule has 0 atom stereocenters. The molecule has 4 rings (SSSR count). The Morgan fingerprint density at radius 3 is 2.35 bits per heavy atom. The van der Waals surface area contributed by atoms with Crippen molar-refractivity contribution >= 4 is 11.7 Å². The molecular formula is C21H28N4O. The Morgan fingerprint density at radius 2 is 1.69 bits per heavy atom. The summed E-state index contributed by atoms with van der Waals surface area (Å²) >= 11 is 0. The maximum atomic E-state index is 13.1. The van der Waals surface area contributed by atoms with Gasteiger partial charge >= 0.3 is 0 Å². The first-order valence-corrected chi connectivity index (χ1v) is 9.84. The van der Waals surface area contributed by atoms with E-state index in [4.69, 9.17) is 0 Å². The molecule has 2 aromatic heterocycles. The van der Waals surface area contributed by atoms with Gasteiger partial charge in [-0.2, -0.15) is 0 Å². The number of amides is 1. The Hall–Kier alpha value is -2.30. The molecule has 0 unspecified atom stereocenters. The van der Waals surface area contributed by atoms with E-state index >= 15 is 0 Å². The Balaban J connectivity index is 1.40. The highest BCUT2D eigenvalue weighted by atomic mass is 16.2. The van der Waals surface area contributed by atoms with Crippen LogP contribution in [0.25, 0.3) is 0 Å². The molecule has 2 fully saturated rings. The van der Waals surface area contributed by atoms with Crippen molar-refractivity contribution in [3.05, 3.63) is 48.9 Å². The molecule has 3 heterocycles. The van der Waals surface area contributed by atoms with Gasteiger partial charge in [0, 0.05) is 44.8 Å². The number of pyridine rings is 1. The highest BCUT2D eigenvalue weighted by Crippen LogP contribution is 2.38. The van der Waals surface area contributed by atoms with E-state index in [0.717, 1.165) is 44.8 Å². The first kappa shape index (κ1) is 17.1. The topological polar surface area (TPSA) is 41.4 Å². The second-order valence-corrected chi connectivity index (χ2v) is 7.61. The van der Waals surface area contributed by atoms with Gasteiger partial charge in [-0.25, -0.2) is 4.98 Å². The molecule has 26 heavy (non-hydrogen) atoms. The summed E-state index contributed by atoms with van der Waals surface area (Å²) in [6.07, 6.45) is 12.7. The van der Waals surface area contributed by atoms with E-state index in [1.54, 1.807) is 0 Å². The molecule has 2 aromatic rings. The van der Waals surface area contributed by atoms with Crippen LogP contribution in [-0.2, 0) is 10.3 Å². The molecule has 1 aliphatic carbocycles. The van der Waals surface area contributed by atoms with Crippen LogP contribution in [0.1, 0.15) is 38.5 Å². The van der Waals surface area contributed by atoms with Crippen molar-refractivity contribution in [2.24, 2.45) is 0 Å². The number of carbonyl (C=O) groups excluding carboxylic acids is 1. The lowest BCUT2D eigenvalue weighted by atomic mass is 9.78. The van der Waals surface area contributed by atoms with Crippen LogP contribution in [0.2, 0.25) is 0 Å². The standard InChI is InChI=1S/C21H28N4O/c26-20(18-21(9-3-1-4-10-21)25-12-6-7-13-25)24-16-14-23(15-17-24)19-8-2-5-11-22-19/h2,5-8,11-13H,1,3-4,9-10,14-18H2. The third kappa shape index (κ3) is 3.48. The molecule has 1 aliphatic heterocycles. The van der Waals surface area contributed by atoms with Crippen molar-refractivity contribution < 1.29 is 4.79 Å². The summed E-state index contributed by atoms with van der Waals surface area (Å²) in [6, 6.07) is 10.2. The van der Waals surface area contributed by atoms with Crippen LogP contribution < -0.4 is 4.90 Å². The van der Waals surface area contributed by atoms with Crippen LogP contribution in [0.5, 0.6) is 0 Å². The molecule has 0 aromatic carbocycles. The summed E-state index contributed by atoms with van der Waals surface area (Å²) in [7, 11) is 0. The second kappa shape index (κ2) is 7.52. The second-order valence-electron chi connectivity index (χ2n) is 7.61. The lowest BCUT2D eigenvalue weighted by molar-refractivity contribution is -0.134. The molecule has 5 nitrogen and oxygen atoms in total. The molecular weight excluding hydrogens is 324 g/mol. The van der Waals surface area contributed by atoms with Crippen molar-refractivity contribution in [2.45, 2.75) is 44.1 Å². The Labute approximate surface area is 155 Å². The van der Waals surface area contributed by atoms with Gasteiger partial charge in [0.05, 0.1) is 12.0 Å². The van der Waals surface area contributed by atoms with E-state index < -0.39 is 0 Å². The van der Waals surface area contributed by atoms with Crippen LogP contribution in [0.15, 0.2) is 48.9 Å². The number of hydrogen-bond donors (Lipinski definition) is 0. The summed E-state index contributed by atoms with van der Waals surface area (Å²) in [5.74, 6) is 1.32. The molecule has 0 N–H and O–H groups in total. The summed E-state index contributed by atoms with van der Waals surface area (Å²) in [5, 5.41) is 0. The maximum Gasteiger partial charge on any atom is 0.225 e. The molecule has 138 valence electrons. The number of hydrogen-bond acceptors (Lipinski definition) is 3. The van der Waals surface area contributed by atoms with Crippen LogP contribution in [0.4, 0.5) is 5.82 Å². The third-order valence-electron chi connectivity index (χ3n) is 6.02. The summed E-state index contributed by atoms with van der Waals surface area (Å²) in [5.41, 5.74) is -0.0169. The molecule has 0 bridgehead atoms. The van der Waals surface area contributed by atoms with Crippen LogP contribution in [-0.4, -0.2) is 46.5 Å². The third-order valence-corrected chi connectivity index (χ3v) is 6.02. The summed E-state index contributed by atoms with van der Waals surface area (Å²) in [6.45, 7) is 3.30. The lowest BCUT2D eigenvalue weighted by Crippen LogP contribution is -2.51. The Bertz CT molecular complexity index is 699. The number of anilines is 1. The Morgan fingerprint density at radius 1 is 0.962 bits per heavy atom. The number of carbonyl (C=O) groups is 1. The van der Waals surface area contributed by atoms with E-state index in [2.05, 4.69) is 43.9 Å². The Kier molecular flexibility index (Phi) is 4.96. The highest BCUT2D eigenvalue weighted by Gasteiger charge is 2.37. The minimum atomic E-state index is -0.0169. The smallest absolute Gasteiger partial charge is 0.225 e.